The second kappa shape index (κ2) is 4.72. The molecule has 1 aliphatic heterocycles. The highest BCUT2D eigenvalue weighted by Crippen LogP contribution is 2.89. The van der Waals surface area contributed by atoms with E-state index >= 15 is 0 Å². The highest BCUT2D eigenvalue weighted by atomic mass is 16.6. The van der Waals surface area contributed by atoms with Gasteiger partial charge in [0.15, 0.2) is 0 Å². The zero-order valence-electron chi connectivity index (χ0n) is 18.3. The Morgan fingerprint density at radius 1 is 0.893 bits per heavy atom. The van der Waals surface area contributed by atoms with E-state index < -0.39 is 0 Å². The molecule has 0 aromatic heterocycles. The normalized spacial score (nSPS) is 60.8. The Hall–Kier alpha value is -0.860. The summed E-state index contributed by atoms with van der Waals surface area (Å²) in [6.45, 7) is 11.6. The van der Waals surface area contributed by atoms with Crippen LogP contribution in [0.2, 0.25) is 0 Å². The van der Waals surface area contributed by atoms with Crippen LogP contribution in [-0.2, 0) is 14.3 Å². The molecule has 6 rings (SSSR count). The third-order valence-corrected chi connectivity index (χ3v) is 12.1. The van der Waals surface area contributed by atoms with Gasteiger partial charge in [-0.3, -0.25) is 9.59 Å². The molecule has 5 saturated carbocycles. The Morgan fingerprint density at radius 3 is 2.32 bits per heavy atom. The summed E-state index contributed by atoms with van der Waals surface area (Å²) in [6, 6.07) is 0. The molecule has 3 heteroatoms. The molecule has 1 saturated heterocycles. The number of carbonyl (C=O) groups is 2. The zero-order chi connectivity index (χ0) is 19.9. The molecule has 6 aliphatic rings. The molecule has 154 valence electrons. The van der Waals surface area contributed by atoms with E-state index in [1.165, 1.54) is 32.1 Å². The van der Waals surface area contributed by atoms with Gasteiger partial charge in [-0.1, -0.05) is 34.6 Å². The predicted molar refractivity (Wildman–Crippen MR) is 106 cm³/mol. The minimum atomic E-state index is -0.134. The predicted octanol–water partition coefficient (Wildman–Crippen LogP) is 5.17. The SMILES string of the molecule is CC1C(=O)OC2CC3(C)C4CCC5C(C)(C)C(=O)CCC56CC46CCC3(C)C21. The van der Waals surface area contributed by atoms with Gasteiger partial charge >= 0.3 is 5.97 Å². The van der Waals surface area contributed by atoms with E-state index in [-0.39, 0.29) is 34.2 Å². The molecule has 0 radical (unpaired) electrons. The first-order chi connectivity index (χ1) is 13.0. The van der Waals surface area contributed by atoms with Gasteiger partial charge in [0.25, 0.3) is 0 Å². The topological polar surface area (TPSA) is 43.4 Å². The van der Waals surface area contributed by atoms with Crippen molar-refractivity contribution in [3.8, 4) is 0 Å². The average molecular weight is 385 g/mol. The first kappa shape index (κ1) is 18.0. The molecule has 28 heavy (non-hydrogen) atoms. The van der Waals surface area contributed by atoms with E-state index in [2.05, 4.69) is 34.6 Å². The Morgan fingerprint density at radius 2 is 1.57 bits per heavy atom. The van der Waals surface area contributed by atoms with Crippen molar-refractivity contribution in [1.82, 2.24) is 0 Å². The van der Waals surface area contributed by atoms with E-state index in [0.717, 1.165) is 25.2 Å². The van der Waals surface area contributed by atoms with Crippen molar-refractivity contribution in [2.45, 2.75) is 92.1 Å². The van der Waals surface area contributed by atoms with Gasteiger partial charge in [-0.25, -0.2) is 0 Å². The van der Waals surface area contributed by atoms with Crippen molar-refractivity contribution in [3.05, 3.63) is 0 Å². The second-order valence-corrected chi connectivity index (χ2v) is 12.6. The van der Waals surface area contributed by atoms with Gasteiger partial charge < -0.3 is 4.74 Å². The molecule has 6 fully saturated rings. The molecule has 5 aliphatic carbocycles. The van der Waals surface area contributed by atoms with Crippen LogP contribution in [0.25, 0.3) is 0 Å². The molecule has 0 bridgehead atoms. The summed E-state index contributed by atoms with van der Waals surface area (Å²) >= 11 is 0. The number of esters is 1. The largest absolute Gasteiger partial charge is 0.462 e. The fraction of sp³-hybridized carbons (Fsp3) is 0.920. The Balaban J connectivity index is 1.41. The Kier molecular flexibility index (Phi) is 3.03. The lowest BCUT2D eigenvalue weighted by molar-refractivity contribution is -0.160. The van der Waals surface area contributed by atoms with Crippen molar-refractivity contribution in [3.63, 3.8) is 0 Å². The Bertz CT molecular complexity index is 800. The highest BCUT2D eigenvalue weighted by Gasteiger charge is 2.83. The lowest BCUT2D eigenvalue weighted by atomic mass is 9.42. The van der Waals surface area contributed by atoms with Gasteiger partial charge in [0.1, 0.15) is 11.9 Å². The lowest BCUT2D eigenvalue weighted by Crippen LogP contribution is -2.57. The number of ether oxygens (including phenoxy) is 1. The molecule has 0 aromatic carbocycles. The smallest absolute Gasteiger partial charge is 0.309 e. The molecule has 0 aromatic rings. The molecule has 0 amide bonds. The maximum absolute atomic E-state index is 12.7. The van der Waals surface area contributed by atoms with Crippen molar-refractivity contribution in [1.29, 1.82) is 0 Å². The number of hydrogen-bond donors (Lipinski definition) is 0. The average Bonchev–Trinajstić information content (AvgIpc) is 3.13. The molecule has 9 unspecified atom stereocenters. The summed E-state index contributed by atoms with van der Waals surface area (Å²) in [7, 11) is 0. The minimum Gasteiger partial charge on any atom is -0.462 e. The van der Waals surface area contributed by atoms with Crippen molar-refractivity contribution in [2.75, 3.05) is 0 Å². The van der Waals surface area contributed by atoms with E-state index in [1.54, 1.807) is 0 Å². The summed E-state index contributed by atoms with van der Waals surface area (Å²) in [5.74, 6) is 2.34. The van der Waals surface area contributed by atoms with Crippen molar-refractivity contribution >= 4 is 11.8 Å². The second-order valence-electron chi connectivity index (χ2n) is 12.6. The number of carbonyl (C=O) groups excluding carboxylic acids is 2. The molecule has 2 spiro atoms. The maximum Gasteiger partial charge on any atom is 0.309 e. The summed E-state index contributed by atoms with van der Waals surface area (Å²) in [4.78, 5) is 25.0. The van der Waals surface area contributed by atoms with Gasteiger partial charge in [0.2, 0.25) is 0 Å². The first-order valence-electron chi connectivity index (χ1n) is 11.8. The van der Waals surface area contributed by atoms with Crippen LogP contribution < -0.4 is 0 Å². The standard InChI is InChI=1S/C25H36O3/c1-14-19-15(28-20(14)27)12-23(5)17-7-6-16-21(2,3)18(26)8-9-24(16)13-25(17,24)11-10-22(19,23)4/h14-17,19H,6-13H2,1-5H3. The monoisotopic (exact) mass is 384 g/mol. The van der Waals surface area contributed by atoms with Crippen LogP contribution in [-0.4, -0.2) is 17.9 Å². The fourth-order valence-electron chi connectivity index (χ4n) is 10.6. The summed E-state index contributed by atoms with van der Waals surface area (Å²) in [6.07, 6.45) is 9.57. The van der Waals surface area contributed by atoms with Crippen LogP contribution in [0, 0.1) is 50.7 Å². The van der Waals surface area contributed by atoms with E-state index in [0.29, 0.717) is 28.4 Å². The molecule has 1 heterocycles. The molecule has 9 atom stereocenters. The van der Waals surface area contributed by atoms with Gasteiger partial charge in [-0.05, 0) is 78.4 Å². The third kappa shape index (κ3) is 1.59. The minimum absolute atomic E-state index is 0.0395. The van der Waals surface area contributed by atoms with Crippen LogP contribution in [0.3, 0.4) is 0 Å². The van der Waals surface area contributed by atoms with Crippen LogP contribution in [0.1, 0.15) is 86.0 Å². The van der Waals surface area contributed by atoms with Crippen LogP contribution >= 0.6 is 0 Å². The number of ketones is 1. The molecular weight excluding hydrogens is 348 g/mol. The Labute approximate surface area is 169 Å². The molecule has 0 N–H and O–H groups in total. The van der Waals surface area contributed by atoms with Gasteiger partial charge in [-0.15, -0.1) is 0 Å². The third-order valence-electron chi connectivity index (χ3n) is 12.1. The number of fused-ring (bicyclic) bond motifs is 4. The number of hydrogen-bond acceptors (Lipinski definition) is 3. The molecular formula is C25H36O3. The maximum atomic E-state index is 12.7. The van der Waals surface area contributed by atoms with Gasteiger partial charge in [0, 0.05) is 17.8 Å². The summed E-state index contributed by atoms with van der Waals surface area (Å²) in [5, 5.41) is 0. The van der Waals surface area contributed by atoms with Crippen LogP contribution in [0.15, 0.2) is 0 Å². The van der Waals surface area contributed by atoms with E-state index in [9.17, 15) is 9.59 Å². The molecule has 3 nitrogen and oxygen atoms in total. The summed E-state index contributed by atoms with van der Waals surface area (Å²) in [5.41, 5.74) is 1.25. The van der Waals surface area contributed by atoms with Crippen molar-refractivity contribution in [2.24, 2.45) is 50.7 Å². The summed E-state index contributed by atoms with van der Waals surface area (Å²) < 4.78 is 5.91. The number of Topliss-reactive ketones (excluding diaryl/α,β-unsaturated/α-hetero) is 1. The van der Waals surface area contributed by atoms with Gasteiger partial charge in [-0.2, -0.15) is 0 Å². The first-order valence-corrected chi connectivity index (χ1v) is 11.8. The lowest BCUT2D eigenvalue weighted by Gasteiger charge is -2.62. The van der Waals surface area contributed by atoms with Gasteiger partial charge in [0.05, 0.1) is 5.92 Å². The highest BCUT2D eigenvalue weighted by molar-refractivity contribution is 5.86. The van der Waals surface area contributed by atoms with Crippen molar-refractivity contribution < 1.29 is 14.3 Å². The van der Waals surface area contributed by atoms with Crippen LogP contribution in [0.5, 0.6) is 0 Å². The quantitative estimate of drug-likeness (QED) is 0.541. The van der Waals surface area contributed by atoms with Crippen LogP contribution in [0.4, 0.5) is 0 Å². The number of rotatable bonds is 0. The van der Waals surface area contributed by atoms with E-state index in [1.807, 2.05) is 0 Å². The van der Waals surface area contributed by atoms with E-state index in [4.69, 9.17) is 4.74 Å². The fourth-order valence-corrected chi connectivity index (χ4v) is 10.6. The zero-order valence-corrected chi connectivity index (χ0v) is 18.3.